The molecule has 212 valence electrons. The number of benzene rings is 1. The van der Waals surface area contributed by atoms with Crippen LogP contribution in [0, 0.1) is 12.4 Å². The molecule has 2 aromatic heterocycles. The van der Waals surface area contributed by atoms with Crippen molar-refractivity contribution in [1.29, 1.82) is 0 Å². The van der Waals surface area contributed by atoms with E-state index in [1.807, 2.05) is 0 Å². The Morgan fingerprint density at radius 2 is 2.15 bits per heavy atom. The smallest absolute Gasteiger partial charge is 0.368 e. The Balaban J connectivity index is 1.44. The van der Waals surface area contributed by atoms with E-state index in [0.717, 1.165) is 41.2 Å². The van der Waals surface area contributed by atoms with Gasteiger partial charge in [-0.1, -0.05) is 0 Å². The maximum atomic E-state index is 15.2. The Morgan fingerprint density at radius 3 is 2.85 bits per heavy atom. The van der Waals surface area contributed by atoms with E-state index in [1.54, 1.807) is 0 Å². The van der Waals surface area contributed by atoms with Gasteiger partial charge in [-0.15, -0.1) is 0 Å². The molecule has 0 saturated carbocycles. The standard InChI is InChI=1S/C26H33FN10O3/c1-15(38)14-40-22-10-18(27)19(11-21(22)37-25(39)35(5)33-34-37)31-24-29-13-20(28-4)23(32-24)30-16-9-17-7-6-8-36(17)26(2,3)12-16/h10-11,13,15-17,38H,6-9,12,14H2,1-3,5H3,(H2,29,30,31,32)/t15-,16+,17-/m0/s1. The highest BCUT2D eigenvalue weighted by Gasteiger charge is 2.43. The molecule has 2 fully saturated rings. The summed E-state index contributed by atoms with van der Waals surface area (Å²) >= 11 is 0. The number of piperidine rings is 1. The van der Waals surface area contributed by atoms with Crippen LogP contribution in [0.5, 0.6) is 5.75 Å². The van der Waals surface area contributed by atoms with Crippen LogP contribution in [-0.4, -0.2) is 76.6 Å². The van der Waals surface area contributed by atoms with Crippen LogP contribution in [0.2, 0.25) is 0 Å². The number of nitrogens with zero attached hydrogens (tertiary/aromatic N) is 8. The molecule has 0 amide bonds. The van der Waals surface area contributed by atoms with Crippen LogP contribution in [0.1, 0.15) is 46.5 Å². The molecule has 0 unspecified atom stereocenters. The van der Waals surface area contributed by atoms with Crippen LogP contribution in [0.3, 0.4) is 0 Å². The lowest BCUT2D eigenvalue weighted by Crippen LogP contribution is -2.55. The first-order chi connectivity index (χ1) is 19.1. The zero-order valence-corrected chi connectivity index (χ0v) is 22.9. The van der Waals surface area contributed by atoms with E-state index in [2.05, 4.69) is 54.6 Å². The molecule has 4 heterocycles. The predicted molar refractivity (Wildman–Crippen MR) is 146 cm³/mol. The summed E-state index contributed by atoms with van der Waals surface area (Å²) in [5, 5.41) is 23.5. The molecular formula is C26H33FN10O3. The molecule has 13 nitrogen and oxygen atoms in total. The number of aliphatic hydroxyl groups excluding tert-OH is 1. The number of rotatable bonds is 8. The third kappa shape index (κ3) is 5.47. The van der Waals surface area contributed by atoms with Crippen LogP contribution >= 0.6 is 0 Å². The molecular weight excluding hydrogens is 519 g/mol. The van der Waals surface area contributed by atoms with Crippen LogP contribution in [0.25, 0.3) is 10.5 Å². The number of tetrazole rings is 1. The number of ether oxygens (including phenoxy) is 1. The van der Waals surface area contributed by atoms with E-state index in [1.165, 1.54) is 32.7 Å². The summed E-state index contributed by atoms with van der Waals surface area (Å²) in [4.78, 5) is 27.4. The van der Waals surface area contributed by atoms with Crippen molar-refractivity contribution >= 4 is 23.1 Å². The van der Waals surface area contributed by atoms with Crippen molar-refractivity contribution in [2.45, 2.75) is 70.2 Å². The number of hydrogen-bond donors (Lipinski definition) is 3. The van der Waals surface area contributed by atoms with E-state index in [-0.39, 0.29) is 46.9 Å². The maximum Gasteiger partial charge on any atom is 0.368 e. The van der Waals surface area contributed by atoms with Gasteiger partial charge in [0.2, 0.25) is 11.6 Å². The highest BCUT2D eigenvalue weighted by Crippen LogP contribution is 2.39. The topological polar surface area (TPSA) is 140 Å². The number of nitrogens with one attached hydrogen (secondary N) is 2. The molecule has 0 spiro atoms. The monoisotopic (exact) mass is 552 g/mol. The van der Waals surface area contributed by atoms with Gasteiger partial charge >= 0.3 is 5.69 Å². The molecule has 0 bridgehead atoms. The lowest BCUT2D eigenvalue weighted by molar-refractivity contribution is 0.0501. The average Bonchev–Trinajstić information content (AvgIpc) is 3.51. The Hall–Kier alpha value is -4.09. The second-order valence-corrected chi connectivity index (χ2v) is 11.0. The third-order valence-electron chi connectivity index (χ3n) is 7.41. The van der Waals surface area contributed by atoms with Crippen molar-refractivity contribution < 1.29 is 14.2 Å². The highest BCUT2D eigenvalue weighted by atomic mass is 19.1. The molecule has 3 atom stereocenters. The Bertz CT molecular complexity index is 1490. The number of aliphatic hydroxyl groups is 1. The number of aryl methyl sites for hydroxylation is 1. The predicted octanol–water partition coefficient (Wildman–Crippen LogP) is 2.77. The molecule has 3 aromatic rings. The minimum Gasteiger partial charge on any atom is -0.489 e. The van der Waals surface area contributed by atoms with Crippen molar-refractivity contribution in [2.24, 2.45) is 7.05 Å². The molecule has 0 radical (unpaired) electrons. The molecule has 14 heteroatoms. The minimum atomic E-state index is -0.820. The second kappa shape index (κ2) is 10.8. The van der Waals surface area contributed by atoms with Gasteiger partial charge in [0.1, 0.15) is 23.9 Å². The Labute approximate surface area is 230 Å². The average molecular weight is 553 g/mol. The molecule has 0 aliphatic carbocycles. The first-order valence-corrected chi connectivity index (χ1v) is 13.2. The van der Waals surface area contributed by atoms with E-state index >= 15 is 4.39 Å². The Kier molecular flexibility index (Phi) is 7.43. The van der Waals surface area contributed by atoms with Gasteiger partial charge in [0.15, 0.2) is 5.82 Å². The van der Waals surface area contributed by atoms with Crippen LogP contribution < -0.4 is 21.1 Å². The lowest BCUT2D eigenvalue weighted by atomic mass is 9.84. The van der Waals surface area contributed by atoms with Gasteiger partial charge in [-0.3, -0.25) is 4.90 Å². The lowest BCUT2D eigenvalue weighted by Gasteiger charge is -2.48. The summed E-state index contributed by atoms with van der Waals surface area (Å²) in [7, 11) is 1.43. The minimum absolute atomic E-state index is 0.000882. The first kappa shape index (κ1) is 27.5. The molecule has 5 rings (SSSR count). The molecule has 2 saturated heterocycles. The van der Waals surface area contributed by atoms with Gasteiger partial charge < -0.3 is 20.5 Å². The molecule has 2 aliphatic rings. The molecule has 3 N–H and O–H groups in total. The highest BCUT2D eigenvalue weighted by molar-refractivity contribution is 5.69. The fourth-order valence-corrected chi connectivity index (χ4v) is 5.65. The summed E-state index contributed by atoms with van der Waals surface area (Å²) in [6.07, 6.45) is 4.76. The summed E-state index contributed by atoms with van der Waals surface area (Å²) in [6.45, 7) is 14.6. The van der Waals surface area contributed by atoms with Crippen LogP contribution in [0.15, 0.2) is 23.1 Å². The van der Waals surface area contributed by atoms with Crippen molar-refractivity contribution in [3.8, 4) is 11.4 Å². The second-order valence-electron chi connectivity index (χ2n) is 11.0. The SMILES string of the molecule is [C-]#[N+]c1cnc(Nc2cc(-n3nnn(C)c3=O)c(OC[C@H](C)O)cc2F)nc1N[C@@H]1C[C@@H]2CCCN2C(C)(C)C1. The summed E-state index contributed by atoms with van der Waals surface area (Å²) in [5.41, 5.74) is -0.201. The van der Waals surface area contributed by atoms with Gasteiger partial charge in [0.05, 0.1) is 18.4 Å². The number of hydrogen-bond acceptors (Lipinski definition) is 10. The van der Waals surface area contributed by atoms with Gasteiger partial charge in [0.25, 0.3) is 0 Å². The molecule has 2 aliphatic heterocycles. The fraction of sp³-hybridized carbons (Fsp3) is 0.538. The number of anilines is 3. The van der Waals surface area contributed by atoms with E-state index < -0.39 is 17.6 Å². The van der Waals surface area contributed by atoms with Gasteiger partial charge in [-0.25, -0.2) is 24.0 Å². The molecule has 1 aromatic carbocycles. The number of halogens is 1. The van der Waals surface area contributed by atoms with Gasteiger partial charge in [-0.2, -0.15) is 9.36 Å². The van der Waals surface area contributed by atoms with Crippen molar-refractivity contribution in [2.75, 3.05) is 23.8 Å². The van der Waals surface area contributed by atoms with Crippen LogP contribution in [0.4, 0.5) is 27.5 Å². The maximum absolute atomic E-state index is 15.2. The number of fused-ring (bicyclic) bond motifs is 1. The zero-order valence-electron chi connectivity index (χ0n) is 22.9. The largest absolute Gasteiger partial charge is 0.489 e. The Morgan fingerprint density at radius 1 is 1.35 bits per heavy atom. The van der Waals surface area contributed by atoms with Crippen molar-refractivity contribution in [3.05, 3.63) is 46.0 Å². The van der Waals surface area contributed by atoms with Crippen LogP contribution in [-0.2, 0) is 7.05 Å². The number of aromatic nitrogens is 6. The van der Waals surface area contributed by atoms with Crippen molar-refractivity contribution in [3.63, 3.8) is 0 Å². The van der Waals surface area contributed by atoms with E-state index in [0.29, 0.717) is 11.9 Å². The summed E-state index contributed by atoms with van der Waals surface area (Å²) in [6, 6.07) is 3.03. The van der Waals surface area contributed by atoms with Crippen molar-refractivity contribution in [1.82, 2.24) is 34.7 Å². The van der Waals surface area contributed by atoms with Gasteiger partial charge in [0, 0.05) is 36.9 Å². The molecule has 40 heavy (non-hydrogen) atoms. The summed E-state index contributed by atoms with van der Waals surface area (Å²) in [5.74, 6) is -0.257. The van der Waals surface area contributed by atoms with Gasteiger partial charge in [-0.05, 0) is 69.5 Å². The first-order valence-electron chi connectivity index (χ1n) is 13.2. The third-order valence-corrected chi connectivity index (χ3v) is 7.41. The quantitative estimate of drug-likeness (QED) is 0.358. The normalized spacial score (nSPS) is 20.9. The van der Waals surface area contributed by atoms with E-state index in [4.69, 9.17) is 11.3 Å². The fourth-order valence-electron chi connectivity index (χ4n) is 5.65. The zero-order chi connectivity index (χ0) is 28.6. The van der Waals surface area contributed by atoms with E-state index in [9.17, 15) is 9.90 Å². The summed E-state index contributed by atoms with van der Waals surface area (Å²) < 4.78 is 22.8.